The van der Waals surface area contributed by atoms with E-state index in [1.54, 1.807) is 24.3 Å². The number of aromatic nitrogens is 2. The Hall–Kier alpha value is -2.69. The fourth-order valence-corrected chi connectivity index (χ4v) is 1.94. The summed E-state index contributed by atoms with van der Waals surface area (Å²) in [6, 6.07) is 10.1. The first-order valence-corrected chi connectivity index (χ1v) is 5.38. The molecule has 18 heavy (non-hydrogen) atoms. The van der Waals surface area contributed by atoms with Crippen LogP contribution in [0.25, 0.3) is 22.3 Å². The molecule has 4 N–H and O–H groups in total. The number of hydrogen-bond donors (Lipinski definition) is 4. The molecule has 90 valence electrons. The summed E-state index contributed by atoms with van der Waals surface area (Å²) in [6.07, 6.45) is 0. The number of carboxylic acid groups (broad SMARTS) is 1. The molecule has 0 fully saturated rings. The monoisotopic (exact) mass is 242 g/mol. The number of aromatic hydroxyl groups is 1. The number of aromatic carboxylic acids is 1. The number of nitrogens with one attached hydrogen (secondary N) is 2. The number of carboxylic acids is 1. The lowest BCUT2D eigenvalue weighted by atomic mass is 10.2. The van der Waals surface area contributed by atoms with Crippen LogP contribution in [0, 0.1) is 0 Å². The second-order valence-electron chi connectivity index (χ2n) is 4.05. The summed E-state index contributed by atoms with van der Waals surface area (Å²) in [7, 11) is 0. The van der Waals surface area contributed by atoms with E-state index in [0.29, 0.717) is 5.69 Å². The van der Waals surface area contributed by atoms with Gasteiger partial charge in [0.2, 0.25) is 0 Å². The molecular formula is C13H10N2O3. The molecule has 0 bridgehead atoms. The molecule has 0 aliphatic carbocycles. The second kappa shape index (κ2) is 3.66. The van der Waals surface area contributed by atoms with Crippen LogP contribution in [0.2, 0.25) is 0 Å². The van der Waals surface area contributed by atoms with Gasteiger partial charge >= 0.3 is 5.97 Å². The van der Waals surface area contributed by atoms with E-state index < -0.39 is 5.97 Å². The van der Waals surface area contributed by atoms with Crippen LogP contribution in [0.15, 0.2) is 36.4 Å². The number of fused-ring (bicyclic) bond motifs is 1. The normalized spacial score (nSPS) is 10.9. The maximum Gasteiger partial charge on any atom is 0.352 e. The van der Waals surface area contributed by atoms with Crippen molar-refractivity contribution >= 4 is 16.9 Å². The fraction of sp³-hybridized carbons (Fsp3) is 0. The Bertz CT molecular complexity index is 740. The largest absolute Gasteiger partial charge is 0.508 e. The third kappa shape index (κ3) is 1.62. The van der Waals surface area contributed by atoms with Gasteiger partial charge in [-0.3, -0.25) is 0 Å². The first kappa shape index (κ1) is 10.5. The molecule has 2 aromatic heterocycles. The summed E-state index contributed by atoms with van der Waals surface area (Å²) in [4.78, 5) is 16.7. The van der Waals surface area contributed by atoms with Crippen LogP contribution in [0.5, 0.6) is 5.75 Å². The van der Waals surface area contributed by atoms with Crippen LogP contribution in [0.1, 0.15) is 10.5 Å². The molecule has 0 saturated heterocycles. The van der Waals surface area contributed by atoms with E-state index >= 15 is 0 Å². The molecule has 5 nitrogen and oxygen atoms in total. The summed E-state index contributed by atoms with van der Waals surface area (Å²) in [5, 5.41) is 19.2. The Kier molecular flexibility index (Phi) is 2.13. The summed E-state index contributed by atoms with van der Waals surface area (Å²) < 4.78 is 0. The summed E-state index contributed by atoms with van der Waals surface area (Å²) in [6.45, 7) is 0. The predicted octanol–water partition coefficient (Wildman–Crippen LogP) is 2.57. The van der Waals surface area contributed by atoms with Crippen LogP contribution in [0.4, 0.5) is 0 Å². The zero-order valence-corrected chi connectivity index (χ0v) is 9.27. The number of phenolic OH excluding ortho intramolecular Hbond substituents is 1. The average molecular weight is 242 g/mol. The molecule has 2 heterocycles. The van der Waals surface area contributed by atoms with Crippen molar-refractivity contribution < 1.29 is 15.0 Å². The highest BCUT2D eigenvalue weighted by Crippen LogP contribution is 2.26. The van der Waals surface area contributed by atoms with E-state index in [1.807, 2.05) is 6.07 Å². The minimum Gasteiger partial charge on any atom is -0.508 e. The molecule has 0 amide bonds. The average Bonchev–Trinajstić information content (AvgIpc) is 2.93. The van der Waals surface area contributed by atoms with Gasteiger partial charge in [0.25, 0.3) is 0 Å². The maximum absolute atomic E-state index is 10.8. The van der Waals surface area contributed by atoms with Gasteiger partial charge < -0.3 is 20.2 Å². The van der Waals surface area contributed by atoms with Crippen molar-refractivity contribution in [3.63, 3.8) is 0 Å². The maximum atomic E-state index is 10.8. The van der Waals surface area contributed by atoms with Gasteiger partial charge in [-0.15, -0.1) is 0 Å². The molecule has 0 unspecified atom stereocenters. The van der Waals surface area contributed by atoms with Gasteiger partial charge in [-0.1, -0.05) is 0 Å². The van der Waals surface area contributed by atoms with Crippen LogP contribution in [0.3, 0.4) is 0 Å². The lowest BCUT2D eigenvalue weighted by Crippen LogP contribution is -1.95. The number of rotatable bonds is 2. The van der Waals surface area contributed by atoms with Gasteiger partial charge in [0.05, 0.1) is 11.4 Å². The number of hydrogen-bond acceptors (Lipinski definition) is 2. The molecule has 3 rings (SSSR count). The van der Waals surface area contributed by atoms with Gasteiger partial charge in [0, 0.05) is 17.0 Å². The Morgan fingerprint density at radius 1 is 1.00 bits per heavy atom. The van der Waals surface area contributed by atoms with Crippen molar-refractivity contribution in [2.24, 2.45) is 0 Å². The molecule has 0 aliphatic rings. The van der Waals surface area contributed by atoms with Crippen molar-refractivity contribution in [1.29, 1.82) is 0 Å². The molecule has 1 aromatic carbocycles. The highest BCUT2D eigenvalue weighted by molar-refractivity contribution is 5.89. The first-order valence-electron chi connectivity index (χ1n) is 5.38. The van der Waals surface area contributed by atoms with Crippen molar-refractivity contribution in [3.05, 3.63) is 42.1 Å². The summed E-state index contributed by atoms with van der Waals surface area (Å²) in [5.74, 6) is -0.802. The molecule has 3 aromatic rings. The zero-order chi connectivity index (χ0) is 12.7. The molecule has 0 atom stereocenters. The highest BCUT2D eigenvalue weighted by Gasteiger charge is 2.09. The summed E-state index contributed by atoms with van der Waals surface area (Å²) >= 11 is 0. The Morgan fingerprint density at radius 3 is 2.56 bits per heavy atom. The van der Waals surface area contributed by atoms with E-state index in [4.69, 9.17) is 5.11 Å². The smallest absolute Gasteiger partial charge is 0.352 e. The molecular weight excluding hydrogens is 232 g/mol. The molecule has 0 saturated carbocycles. The van der Waals surface area contributed by atoms with E-state index in [0.717, 1.165) is 16.6 Å². The number of aromatic amines is 2. The number of carbonyl (C=O) groups is 1. The van der Waals surface area contributed by atoms with E-state index in [9.17, 15) is 9.90 Å². The van der Waals surface area contributed by atoms with E-state index in [1.165, 1.54) is 6.07 Å². The minimum absolute atomic E-state index is 0.145. The molecule has 5 heteroatoms. The Morgan fingerprint density at radius 2 is 1.83 bits per heavy atom. The number of H-pyrrole nitrogens is 2. The Labute approximate surface area is 102 Å². The van der Waals surface area contributed by atoms with Gasteiger partial charge in [-0.05, 0) is 30.3 Å². The number of benzene rings is 1. The van der Waals surface area contributed by atoms with Gasteiger partial charge in [0.1, 0.15) is 11.4 Å². The second-order valence-corrected chi connectivity index (χ2v) is 4.05. The summed E-state index contributed by atoms with van der Waals surface area (Å²) in [5.41, 5.74) is 2.43. The van der Waals surface area contributed by atoms with Crippen molar-refractivity contribution in [2.75, 3.05) is 0 Å². The lowest BCUT2D eigenvalue weighted by molar-refractivity contribution is 0.0691. The third-order valence-corrected chi connectivity index (χ3v) is 2.81. The van der Waals surface area contributed by atoms with Gasteiger partial charge in [-0.25, -0.2) is 4.79 Å². The van der Waals surface area contributed by atoms with Crippen molar-refractivity contribution in [2.45, 2.75) is 0 Å². The SMILES string of the molecule is O=C(O)c1ccc(-c2cc3ccc(O)cc3[nH]2)[nH]1. The van der Waals surface area contributed by atoms with E-state index in [-0.39, 0.29) is 11.4 Å². The van der Waals surface area contributed by atoms with Crippen LogP contribution in [-0.4, -0.2) is 26.2 Å². The molecule has 0 radical (unpaired) electrons. The number of phenols is 1. The van der Waals surface area contributed by atoms with Gasteiger partial charge in [-0.2, -0.15) is 0 Å². The van der Waals surface area contributed by atoms with E-state index in [2.05, 4.69) is 9.97 Å². The van der Waals surface area contributed by atoms with Crippen LogP contribution >= 0.6 is 0 Å². The zero-order valence-electron chi connectivity index (χ0n) is 9.27. The Balaban J connectivity index is 2.10. The fourth-order valence-electron chi connectivity index (χ4n) is 1.94. The standard InChI is InChI=1S/C13H10N2O3/c16-8-2-1-7-5-12(15-11(7)6-8)9-3-4-10(14-9)13(17)18/h1-6,14-16H,(H,17,18). The molecule has 0 spiro atoms. The van der Waals surface area contributed by atoms with Crippen molar-refractivity contribution in [1.82, 2.24) is 9.97 Å². The van der Waals surface area contributed by atoms with Crippen molar-refractivity contribution in [3.8, 4) is 17.1 Å². The minimum atomic E-state index is -0.991. The predicted molar refractivity (Wildman–Crippen MR) is 66.7 cm³/mol. The quantitative estimate of drug-likeness (QED) is 0.556. The lowest BCUT2D eigenvalue weighted by Gasteiger charge is -1.92. The first-order chi connectivity index (χ1) is 8.63. The van der Waals surface area contributed by atoms with Crippen LogP contribution in [-0.2, 0) is 0 Å². The topological polar surface area (TPSA) is 89.1 Å². The highest BCUT2D eigenvalue weighted by atomic mass is 16.4. The third-order valence-electron chi connectivity index (χ3n) is 2.81. The van der Waals surface area contributed by atoms with Gasteiger partial charge in [0.15, 0.2) is 0 Å². The van der Waals surface area contributed by atoms with Crippen LogP contribution < -0.4 is 0 Å². The molecule has 0 aliphatic heterocycles.